The molecule has 0 spiro atoms. The van der Waals surface area contributed by atoms with Gasteiger partial charge in [-0.15, -0.1) is 0 Å². The van der Waals surface area contributed by atoms with E-state index in [4.69, 9.17) is 5.11 Å². The van der Waals surface area contributed by atoms with Gasteiger partial charge in [0.1, 0.15) is 0 Å². The van der Waals surface area contributed by atoms with E-state index in [2.05, 4.69) is 15.6 Å². The van der Waals surface area contributed by atoms with Gasteiger partial charge in [0.05, 0.1) is 17.8 Å². The number of carboxylic acid groups (broad SMARTS) is 1. The number of nitrogens with zero attached hydrogens (tertiary/aromatic N) is 1. The number of nitrogens with one attached hydrogen (secondary N) is 2. The normalized spacial score (nSPS) is 11.6. The van der Waals surface area contributed by atoms with Crippen LogP contribution >= 0.6 is 0 Å². The zero-order valence-corrected chi connectivity index (χ0v) is 9.73. The van der Waals surface area contributed by atoms with Gasteiger partial charge in [0.2, 0.25) is 0 Å². The standard InChI is InChI=1S/C11H15N3O3/c1-7-3-4-12-6-9(7)14-11(17)13-5-8(2)10(15)16/h3-4,6,8H,5H2,1-2H3,(H,15,16)(H2,13,14,17). The van der Waals surface area contributed by atoms with Crippen molar-refractivity contribution in [2.24, 2.45) is 5.92 Å². The van der Waals surface area contributed by atoms with Gasteiger partial charge in [0.15, 0.2) is 0 Å². The minimum Gasteiger partial charge on any atom is -0.481 e. The molecule has 1 unspecified atom stereocenters. The topological polar surface area (TPSA) is 91.3 Å². The molecule has 1 aromatic heterocycles. The molecule has 6 nitrogen and oxygen atoms in total. The average molecular weight is 237 g/mol. The summed E-state index contributed by atoms with van der Waals surface area (Å²) in [7, 11) is 0. The van der Waals surface area contributed by atoms with Crippen LogP contribution in [0.2, 0.25) is 0 Å². The molecule has 6 heteroatoms. The number of aliphatic carboxylic acids is 1. The van der Waals surface area contributed by atoms with Crippen LogP contribution in [0.3, 0.4) is 0 Å². The highest BCUT2D eigenvalue weighted by atomic mass is 16.4. The molecule has 1 rings (SSSR count). The molecule has 0 radical (unpaired) electrons. The number of pyridine rings is 1. The number of hydrogen-bond acceptors (Lipinski definition) is 3. The minimum atomic E-state index is -0.942. The van der Waals surface area contributed by atoms with Gasteiger partial charge in [-0.3, -0.25) is 9.78 Å². The lowest BCUT2D eigenvalue weighted by Gasteiger charge is -2.10. The lowest BCUT2D eigenvalue weighted by atomic mass is 10.2. The number of anilines is 1. The van der Waals surface area contributed by atoms with Gasteiger partial charge in [0.25, 0.3) is 0 Å². The predicted octanol–water partition coefficient (Wildman–Crippen LogP) is 1.23. The van der Waals surface area contributed by atoms with Crippen molar-refractivity contribution in [3.63, 3.8) is 0 Å². The van der Waals surface area contributed by atoms with Gasteiger partial charge < -0.3 is 15.7 Å². The molecular weight excluding hydrogens is 222 g/mol. The molecule has 0 fully saturated rings. The van der Waals surface area contributed by atoms with Crippen molar-refractivity contribution in [1.82, 2.24) is 10.3 Å². The zero-order chi connectivity index (χ0) is 12.8. The summed E-state index contributed by atoms with van der Waals surface area (Å²) in [5.41, 5.74) is 1.49. The molecule has 0 saturated heterocycles. The fourth-order valence-electron chi connectivity index (χ4n) is 1.09. The Morgan fingerprint density at radius 3 is 2.82 bits per heavy atom. The monoisotopic (exact) mass is 237 g/mol. The number of carboxylic acids is 1. The SMILES string of the molecule is Cc1ccncc1NC(=O)NCC(C)C(=O)O. The molecule has 17 heavy (non-hydrogen) atoms. The number of carbonyl (C=O) groups is 2. The molecule has 0 aliphatic carbocycles. The number of rotatable bonds is 4. The van der Waals surface area contributed by atoms with E-state index < -0.39 is 17.9 Å². The first kappa shape index (κ1) is 13.0. The summed E-state index contributed by atoms with van der Waals surface area (Å²) >= 11 is 0. The molecule has 1 atom stereocenters. The van der Waals surface area contributed by atoms with E-state index in [9.17, 15) is 9.59 Å². The van der Waals surface area contributed by atoms with Crippen LogP contribution in [0.4, 0.5) is 10.5 Å². The molecule has 0 bridgehead atoms. The van der Waals surface area contributed by atoms with E-state index in [1.54, 1.807) is 12.3 Å². The molecule has 0 saturated carbocycles. The van der Waals surface area contributed by atoms with Gasteiger partial charge >= 0.3 is 12.0 Å². The molecule has 1 aromatic rings. The molecule has 2 amide bonds. The van der Waals surface area contributed by atoms with Gasteiger partial charge in [0, 0.05) is 12.7 Å². The van der Waals surface area contributed by atoms with Crippen LogP contribution < -0.4 is 10.6 Å². The van der Waals surface area contributed by atoms with Crippen LogP contribution in [0, 0.1) is 12.8 Å². The van der Waals surface area contributed by atoms with Gasteiger partial charge in [-0.1, -0.05) is 6.92 Å². The van der Waals surface area contributed by atoms with Crippen molar-refractivity contribution < 1.29 is 14.7 Å². The number of hydrogen-bond donors (Lipinski definition) is 3. The highest BCUT2D eigenvalue weighted by Crippen LogP contribution is 2.10. The van der Waals surface area contributed by atoms with Crippen molar-refractivity contribution in [2.75, 3.05) is 11.9 Å². The smallest absolute Gasteiger partial charge is 0.319 e. The maximum Gasteiger partial charge on any atom is 0.319 e. The van der Waals surface area contributed by atoms with Crippen molar-refractivity contribution in [1.29, 1.82) is 0 Å². The van der Waals surface area contributed by atoms with Crippen LogP contribution in [-0.2, 0) is 4.79 Å². The maximum absolute atomic E-state index is 11.4. The number of urea groups is 1. The molecule has 0 aliphatic heterocycles. The molecule has 3 N–H and O–H groups in total. The van der Waals surface area contributed by atoms with Crippen LogP contribution in [0.1, 0.15) is 12.5 Å². The van der Waals surface area contributed by atoms with Crippen molar-refractivity contribution >= 4 is 17.7 Å². The van der Waals surface area contributed by atoms with E-state index >= 15 is 0 Å². The Bertz CT molecular complexity index is 420. The summed E-state index contributed by atoms with van der Waals surface area (Å²) < 4.78 is 0. The van der Waals surface area contributed by atoms with Crippen LogP contribution in [0.5, 0.6) is 0 Å². The number of carbonyl (C=O) groups excluding carboxylic acids is 1. The Hall–Kier alpha value is -2.11. The fraction of sp³-hybridized carbons (Fsp3) is 0.364. The Balaban J connectivity index is 2.46. The maximum atomic E-state index is 11.4. The Morgan fingerprint density at radius 2 is 2.24 bits per heavy atom. The zero-order valence-electron chi connectivity index (χ0n) is 9.73. The first-order valence-electron chi connectivity index (χ1n) is 5.19. The summed E-state index contributed by atoms with van der Waals surface area (Å²) in [4.78, 5) is 25.9. The highest BCUT2D eigenvalue weighted by Gasteiger charge is 2.12. The van der Waals surface area contributed by atoms with E-state index in [0.29, 0.717) is 5.69 Å². The first-order chi connectivity index (χ1) is 8.00. The summed E-state index contributed by atoms with van der Waals surface area (Å²) in [6, 6.07) is 1.34. The quantitative estimate of drug-likeness (QED) is 0.734. The summed E-state index contributed by atoms with van der Waals surface area (Å²) in [5, 5.41) is 13.7. The van der Waals surface area contributed by atoms with Crippen LogP contribution in [0.15, 0.2) is 18.5 Å². The molecule has 92 valence electrons. The summed E-state index contributed by atoms with van der Waals surface area (Å²) in [6.45, 7) is 3.45. The summed E-state index contributed by atoms with van der Waals surface area (Å²) in [5.74, 6) is -1.56. The fourth-order valence-corrected chi connectivity index (χ4v) is 1.09. The lowest BCUT2D eigenvalue weighted by Crippen LogP contribution is -2.34. The van der Waals surface area contributed by atoms with Crippen molar-refractivity contribution in [3.8, 4) is 0 Å². The first-order valence-corrected chi connectivity index (χ1v) is 5.19. The van der Waals surface area contributed by atoms with E-state index in [-0.39, 0.29) is 6.54 Å². The minimum absolute atomic E-state index is 0.0838. The van der Waals surface area contributed by atoms with Gasteiger partial charge in [-0.2, -0.15) is 0 Å². The third kappa shape index (κ3) is 4.10. The van der Waals surface area contributed by atoms with Crippen LogP contribution in [-0.4, -0.2) is 28.6 Å². The second-order valence-corrected chi connectivity index (χ2v) is 3.76. The largest absolute Gasteiger partial charge is 0.481 e. The Morgan fingerprint density at radius 1 is 1.53 bits per heavy atom. The third-order valence-electron chi connectivity index (χ3n) is 2.28. The second-order valence-electron chi connectivity index (χ2n) is 3.76. The Labute approximate surface area is 99.1 Å². The van der Waals surface area contributed by atoms with E-state index in [0.717, 1.165) is 5.56 Å². The van der Waals surface area contributed by atoms with E-state index in [1.807, 2.05) is 6.92 Å². The number of aromatic nitrogens is 1. The third-order valence-corrected chi connectivity index (χ3v) is 2.28. The lowest BCUT2D eigenvalue weighted by molar-refractivity contribution is -0.140. The van der Waals surface area contributed by atoms with Crippen LogP contribution in [0.25, 0.3) is 0 Å². The molecular formula is C11H15N3O3. The van der Waals surface area contributed by atoms with Gasteiger partial charge in [-0.05, 0) is 18.6 Å². The average Bonchev–Trinajstić information content (AvgIpc) is 2.29. The van der Waals surface area contributed by atoms with E-state index in [1.165, 1.54) is 13.1 Å². The number of amides is 2. The molecule has 0 aromatic carbocycles. The molecule has 0 aliphatic rings. The highest BCUT2D eigenvalue weighted by molar-refractivity contribution is 5.90. The van der Waals surface area contributed by atoms with Crippen molar-refractivity contribution in [2.45, 2.75) is 13.8 Å². The second kappa shape index (κ2) is 5.83. The van der Waals surface area contributed by atoms with Gasteiger partial charge in [-0.25, -0.2) is 4.79 Å². The summed E-state index contributed by atoms with van der Waals surface area (Å²) in [6.07, 6.45) is 3.17. The molecule has 1 heterocycles. The van der Waals surface area contributed by atoms with Crippen molar-refractivity contribution in [3.05, 3.63) is 24.0 Å². The predicted molar refractivity (Wildman–Crippen MR) is 62.8 cm³/mol. The Kier molecular flexibility index (Phi) is 4.45. The number of aryl methyl sites for hydroxylation is 1.